The molecule has 4 unspecified atom stereocenters. The number of amides is 5. The fourth-order valence-electron chi connectivity index (χ4n) is 5.58. The normalized spacial score (nSPS) is 20.9. The van der Waals surface area contributed by atoms with Gasteiger partial charge in [0.15, 0.2) is 0 Å². The summed E-state index contributed by atoms with van der Waals surface area (Å²) in [6.07, 6.45) is 5.21. The van der Waals surface area contributed by atoms with Gasteiger partial charge >= 0.3 is 5.97 Å². The zero-order chi connectivity index (χ0) is 34.9. The first-order valence-electron chi connectivity index (χ1n) is 16.2. The summed E-state index contributed by atoms with van der Waals surface area (Å²) in [5, 5.41) is 9.23. The number of nitrogens with two attached hydrogens (primary N) is 1. The SMILES string of the molecule is C[N+](CCCNC(=O)CCCCC1SCC(NC=O)C1N)(CCCNC(=O)CCCC(=O)ON1C(=O)CCC1=O)CCCS(=O)(=O)O. The zero-order valence-corrected chi connectivity index (χ0v) is 28.8. The number of hydrogen-bond donors (Lipinski definition) is 5. The second-order valence-electron chi connectivity index (χ2n) is 12.3. The van der Waals surface area contributed by atoms with Crippen LogP contribution in [0.4, 0.5) is 0 Å². The minimum absolute atomic E-state index is 0.00526. The maximum Gasteiger partial charge on any atom is 0.333 e. The van der Waals surface area contributed by atoms with Gasteiger partial charge in [0.25, 0.3) is 21.9 Å². The third kappa shape index (κ3) is 16.2. The van der Waals surface area contributed by atoms with Crippen LogP contribution in [0.25, 0.3) is 0 Å². The van der Waals surface area contributed by atoms with Crippen molar-refractivity contribution in [1.29, 1.82) is 0 Å². The number of hydrogen-bond acceptors (Lipinski definition) is 11. The molecule has 2 fully saturated rings. The van der Waals surface area contributed by atoms with Gasteiger partial charge in [0, 0.05) is 81.5 Å². The van der Waals surface area contributed by atoms with Crippen LogP contribution in [-0.2, 0) is 43.7 Å². The van der Waals surface area contributed by atoms with E-state index in [4.69, 9.17) is 15.1 Å². The van der Waals surface area contributed by atoms with Crippen molar-refractivity contribution in [2.45, 2.75) is 94.4 Å². The predicted molar refractivity (Wildman–Crippen MR) is 174 cm³/mol. The standard InChI is InChI=1S/C29H50N6O10S2/c1-35(18-7-19-47(42,43)44,16-5-14-31-24(37)9-3-2-8-23-29(30)22(20-46-23)33-21-36)17-6-15-32-25(38)10-4-11-28(41)45-34-26(39)12-13-27(34)40/h21-23,29H,2-20,30H2,1H3,(H3-,31,32,33,36,37,38,42,43,44)/p+1. The summed E-state index contributed by atoms with van der Waals surface area (Å²) in [7, 11) is -2.12. The predicted octanol–water partition coefficient (Wildman–Crippen LogP) is -0.381. The Hall–Kier alpha value is -2.80. The smallest absolute Gasteiger partial charge is 0.333 e. The molecule has 47 heavy (non-hydrogen) atoms. The summed E-state index contributed by atoms with van der Waals surface area (Å²) in [4.78, 5) is 75.0. The maximum atomic E-state index is 12.4. The van der Waals surface area contributed by atoms with Crippen molar-refractivity contribution in [3.8, 4) is 0 Å². The molecule has 0 bridgehead atoms. The van der Waals surface area contributed by atoms with Gasteiger partial charge in [-0.05, 0) is 19.3 Å². The summed E-state index contributed by atoms with van der Waals surface area (Å²) in [5.41, 5.74) is 6.21. The van der Waals surface area contributed by atoms with Crippen LogP contribution in [0.3, 0.4) is 0 Å². The third-order valence-corrected chi connectivity index (χ3v) is 10.6. The molecular formula is C29H51N6O10S2+. The molecule has 0 aromatic rings. The molecule has 6 N–H and O–H groups in total. The lowest BCUT2D eigenvalue weighted by molar-refractivity contribution is -0.909. The molecule has 2 heterocycles. The fraction of sp³-hybridized carbons (Fsp3) is 0.793. The van der Waals surface area contributed by atoms with E-state index in [-0.39, 0.29) is 73.4 Å². The van der Waals surface area contributed by atoms with E-state index in [1.54, 1.807) is 11.8 Å². The van der Waals surface area contributed by atoms with Gasteiger partial charge in [-0.15, -0.1) is 5.06 Å². The van der Waals surface area contributed by atoms with Crippen LogP contribution in [0.2, 0.25) is 0 Å². The molecule has 0 saturated carbocycles. The zero-order valence-electron chi connectivity index (χ0n) is 27.2. The van der Waals surface area contributed by atoms with Gasteiger partial charge in [-0.25, -0.2) is 4.79 Å². The van der Waals surface area contributed by atoms with Crippen molar-refractivity contribution in [1.82, 2.24) is 21.0 Å². The van der Waals surface area contributed by atoms with Crippen molar-refractivity contribution in [3.63, 3.8) is 0 Å². The Morgan fingerprint density at radius 2 is 1.53 bits per heavy atom. The highest BCUT2D eigenvalue weighted by molar-refractivity contribution is 8.00. The summed E-state index contributed by atoms with van der Waals surface area (Å²) >= 11 is 1.75. The lowest BCUT2D eigenvalue weighted by atomic mass is 10.0. The Morgan fingerprint density at radius 3 is 2.11 bits per heavy atom. The highest BCUT2D eigenvalue weighted by atomic mass is 32.2. The number of carbonyl (C=O) groups is 6. The molecule has 5 amide bonds. The number of quaternary nitrogens is 1. The minimum Gasteiger partial charge on any atom is -0.356 e. The molecular weight excluding hydrogens is 656 g/mol. The van der Waals surface area contributed by atoms with Crippen molar-refractivity contribution < 1.29 is 51.1 Å². The van der Waals surface area contributed by atoms with E-state index in [2.05, 4.69) is 16.0 Å². The second-order valence-corrected chi connectivity index (χ2v) is 15.2. The van der Waals surface area contributed by atoms with E-state index in [0.717, 1.165) is 25.0 Å². The van der Waals surface area contributed by atoms with E-state index in [1.165, 1.54) is 0 Å². The number of thioether (sulfide) groups is 1. The van der Waals surface area contributed by atoms with Crippen LogP contribution in [-0.4, -0.2) is 127 Å². The van der Waals surface area contributed by atoms with E-state index < -0.39 is 27.9 Å². The molecule has 0 aromatic carbocycles. The highest BCUT2D eigenvalue weighted by Gasteiger charge is 2.34. The molecule has 0 radical (unpaired) electrons. The van der Waals surface area contributed by atoms with Gasteiger partial charge in [0.2, 0.25) is 18.2 Å². The lowest BCUT2D eigenvalue weighted by Gasteiger charge is -2.35. The molecule has 2 aliphatic rings. The van der Waals surface area contributed by atoms with Crippen LogP contribution in [0.5, 0.6) is 0 Å². The first-order chi connectivity index (χ1) is 22.2. The molecule has 0 spiro atoms. The molecule has 0 aromatic heterocycles. The van der Waals surface area contributed by atoms with Crippen LogP contribution in [0.1, 0.15) is 77.0 Å². The second kappa shape index (κ2) is 20.5. The molecule has 2 saturated heterocycles. The van der Waals surface area contributed by atoms with Gasteiger partial charge < -0.3 is 31.0 Å². The molecule has 2 aliphatic heterocycles. The lowest BCUT2D eigenvalue weighted by Crippen LogP contribution is -2.48. The van der Waals surface area contributed by atoms with Gasteiger partial charge in [-0.3, -0.25) is 28.5 Å². The van der Waals surface area contributed by atoms with Crippen LogP contribution >= 0.6 is 11.8 Å². The number of nitrogens with one attached hydrogen (secondary N) is 3. The molecule has 268 valence electrons. The van der Waals surface area contributed by atoms with Crippen molar-refractivity contribution >= 4 is 57.9 Å². The van der Waals surface area contributed by atoms with Crippen molar-refractivity contribution in [2.75, 3.05) is 51.3 Å². The fourth-order valence-corrected chi connectivity index (χ4v) is 7.59. The molecule has 18 heteroatoms. The Kier molecular flexibility index (Phi) is 17.6. The Labute approximate surface area is 280 Å². The van der Waals surface area contributed by atoms with Crippen LogP contribution in [0.15, 0.2) is 0 Å². The van der Waals surface area contributed by atoms with E-state index in [1.807, 2.05) is 7.05 Å². The number of hydroxylamine groups is 2. The van der Waals surface area contributed by atoms with Crippen molar-refractivity contribution in [2.24, 2.45) is 5.73 Å². The highest BCUT2D eigenvalue weighted by Crippen LogP contribution is 2.30. The Bertz CT molecular complexity index is 1170. The maximum absolute atomic E-state index is 12.4. The number of unbranched alkanes of at least 4 members (excludes halogenated alkanes) is 1. The number of imide groups is 1. The van der Waals surface area contributed by atoms with E-state index in [0.29, 0.717) is 67.9 Å². The van der Waals surface area contributed by atoms with Crippen LogP contribution in [0, 0.1) is 0 Å². The number of nitrogens with zero attached hydrogens (tertiary/aromatic N) is 2. The average molecular weight is 708 g/mol. The third-order valence-electron chi connectivity index (χ3n) is 8.29. The molecule has 4 atom stereocenters. The monoisotopic (exact) mass is 707 g/mol. The number of carbonyl (C=O) groups excluding carboxylic acids is 6. The average Bonchev–Trinajstić information content (AvgIpc) is 3.51. The molecule has 2 rings (SSSR count). The Morgan fingerprint density at radius 1 is 0.957 bits per heavy atom. The molecule has 0 aliphatic carbocycles. The first-order valence-corrected chi connectivity index (χ1v) is 18.8. The topological polar surface area (TPSA) is 231 Å². The summed E-state index contributed by atoms with van der Waals surface area (Å²) in [6.45, 7) is 2.58. The number of rotatable bonds is 24. The van der Waals surface area contributed by atoms with E-state index in [9.17, 15) is 37.2 Å². The van der Waals surface area contributed by atoms with Gasteiger partial charge in [-0.2, -0.15) is 20.2 Å². The van der Waals surface area contributed by atoms with Gasteiger partial charge in [0.1, 0.15) is 0 Å². The van der Waals surface area contributed by atoms with Crippen LogP contribution < -0.4 is 21.7 Å². The van der Waals surface area contributed by atoms with E-state index >= 15 is 0 Å². The Balaban J connectivity index is 1.64. The summed E-state index contributed by atoms with van der Waals surface area (Å²) in [5.74, 6) is -1.75. The minimum atomic E-state index is -4.09. The van der Waals surface area contributed by atoms with Gasteiger partial charge in [-0.1, -0.05) is 6.42 Å². The first kappa shape index (κ1) is 40.4. The molecule has 16 nitrogen and oxygen atoms in total. The largest absolute Gasteiger partial charge is 0.356 e. The van der Waals surface area contributed by atoms with Gasteiger partial charge in [0.05, 0.1) is 38.5 Å². The summed E-state index contributed by atoms with van der Waals surface area (Å²) < 4.78 is 32.1. The van der Waals surface area contributed by atoms with Crippen molar-refractivity contribution in [3.05, 3.63) is 0 Å². The quantitative estimate of drug-likeness (QED) is 0.0284. The summed E-state index contributed by atoms with van der Waals surface area (Å²) in [6, 6.07) is -0.104.